The molecule has 0 heterocycles. The maximum Gasteiger partial charge on any atom is 0.0349 e. The number of hydrogen-bond donors (Lipinski definition) is 1. The maximum atomic E-state index is 3.83. The van der Waals surface area contributed by atoms with Crippen LogP contribution in [0.4, 0.5) is 0 Å². The van der Waals surface area contributed by atoms with Gasteiger partial charge in [0.25, 0.3) is 0 Å². The van der Waals surface area contributed by atoms with Crippen LogP contribution in [0.5, 0.6) is 0 Å². The molecule has 2 heteroatoms. The summed E-state index contributed by atoms with van der Waals surface area (Å²) in [6, 6.07) is 11.6. The van der Waals surface area contributed by atoms with Gasteiger partial charge in [-0.15, -0.1) is 0 Å². The van der Waals surface area contributed by atoms with E-state index in [1.165, 1.54) is 37.8 Å². The second kappa shape index (κ2) is 4.66. The molecule has 1 atom stereocenters. The van der Waals surface area contributed by atoms with Gasteiger partial charge >= 0.3 is 0 Å². The zero-order chi connectivity index (χ0) is 11.7. The minimum atomic E-state index is 0.571. The number of thioether (sulfide) groups is 1. The van der Waals surface area contributed by atoms with E-state index in [-0.39, 0.29) is 0 Å². The molecular weight excluding hydrogens is 226 g/mol. The van der Waals surface area contributed by atoms with Crippen LogP contribution < -0.4 is 5.32 Å². The molecule has 0 saturated heterocycles. The summed E-state index contributed by atoms with van der Waals surface area (Å²) in [5.41, 5.74) is 1.48. The summed E-state index contributed by atoms with van der Waals surface area (Å²) >= 11 is 2.04. The SMILES string of the molecule is CSC1(CNC(c2ccccc2)C2CC2)CC1. The van der Waals surface area contributed by atoms with Gasteiger partial charge in [-0.05, 0) is 43.4 Å². The van der Waals surface area contributed by atoms with Crippen LogP contribution in [0.2, 0.25) is 0 Å². The Kier molecular flexibility index (Phi) is 3.18. The van der Waals surface area contributed by atoms with Crippen molar-refractivity contribution in [1.29, 1.82) is 0 Å². The highest BCUT2D eigenvalue weighted by Crippen LogP contribution is 2.48. The van der Waals surface area contributed by atoms with Gasteiger partial charge in [0, 0.05) is 17.3 Å². The topological polar surface area (TPSA) is 12.0 Å². The van der Waals surface area contributed by atoms with Crippen molar-refractivity contribution >= 4 is 11.8 Å². The van der Waals surface area contributed by atoms with Crippen molar-refractivity contribution in [2.24, 2.45) is 5.92 Å². The normalized spacial score (nSPS) is 23.4. The van der Waals surface area contributed by atoms with Gasteiger partial charge in [-0.25, -0.2) is 0 Å². The third-order valence-corrected chi connectivity index (χ3v) is 5.56. The molecule has 2 aliphatic rings. The van der Waals surface area contributed by atoms with Crippen LogP contribution in [0, 0.1) is 5.92 Å². The van der Waals surface area contributed by atoms with E-state index in [4.69, 9.17) is 0 Å². The van der Waals surface area contributed by atoms with Crippen LogP contribution in [0.25, 0.3) is 0 Å². The Morgan fingerprint density at radius 3 is 2.53 bits per heavy atom. The summed E-state index contributed by atoms with van der Waals surface area (Å²) in [7, 11) is 0. The van der Waals surface area contributed by atoms with E-state index < -0.39 is 0 Å². The molecule has 0 aromatic heterocycles. The molecular formula is C15H21NS. The number of nitrogens with one attached hydrogen (secondary N) is 1. The second-order valence-electron chi connectivity index (χ2n) is 5.49. The van der Waals surface area contributed by atoms with Crippen molar-refractivity contribution in [3.8, 4) is 0 Å². The zero-order valence-corrected chi connectivity index (χ0v) is 11.3. The number of benzene rings is 1. The largest absolute Gasteiger partial charge is 0.308 e. The van der Waals surface area contributed by atoms with Crippen LogP contribution in [0.15, 0.2) is 30.3 Å². The third kappa shape index (κ3) is 2.69. The van der Waals surface area contributed by atoms with E-state index in [1.54, 1.807) is 0 Å². The Morgan fingerprint density at radius 2 is 2.00 bits per heavy atom. The third-order valence-electron chi connectivity index (χ3n) is 4.14. The fourth-order valence-electron chi connectivity index (χ4n) is 2.54. The Labute approximate surface area is 108 Å². The van der Waals surface area contributed by atoms with Gasteiger partial charge in [-0.2, -0.15) is 11.8 Å². The smallest absolute Gasteiger partial charge is 0.0349 e. The van der Waals surface area contributed by atoms with Crippen LogP contribution >= 0.6 is 11.8 Å². The molecule has 0 amide bonds. The lowest BCUT2D eigenvalue weighted by atomic mass is 10.0. The monoisotopic (exact) mass is 247 g/mol. The van der Waals surface area contributed by atoms with Crippen molar-refractivity contribution in [1.82, 2.24) is 5.32 Å². The van der Waals surface area contributed by atoms with Gasteiger partial charge < -0.3 is 5.32 Å². The molecule has 0 bridgehead atoms. The lowest BCUT2D eigenvalue weighted by molar-refractivity contribution is 0.477. The van der Waals surface area contributed by atoms with E-state index >= 15 is 0 Å². The minimum Gasteiger partial charge on any atom is -0.308 e. The van der Waals surface area contributed by atoms with Crippen molar-refractivity contribution in [2.45, 2.75) is 36.5 Å². The van der Waals surface area contributed by atoms with Crippen LogP contribution in [-0.4, -0.2) is 17.5 Å². The van der Waals surface area contributed by atoms with Crippen molar-refractivity contribution < 1.29 is 0 Å². The second-order valence-corrected chi connectivity index (χ2v) is 6.77. The molecule has 1 unspecified atom stereocenters. The molecule has 2 fully saturated rings. The van der Waals surface area contributed by atoms with Gasteiger partial charge in [-0.3, -0.25) is 0 Å². The van der Waals surface area contributed by atoms with Gasteiger partial charge in [0.1, 0.15) is 0 Å². The number of hydrogen-bond acceptors (Lipinski definition) is 2. The Hall–Kier alpha value is -0.470. The summed E-state index contributed by atoms with van der Waals surface area (Å²) in [4.78, 5) is 0. The molecule has 17 heavy (non-hydrogen) atoms. The lowest BCUT2D eigenvalue weighted by Crippen LogP contribution is -2.31. The van der Waals surface area contributed by atoms with E-state index in [9.17, 15) is 0 Å². The molecule has 1 aromatic rings. The van der Waals surface area contributed by atoms with Crippen molar-refractivity contribution in [3.05, 3.63) is 35.9 Å². The zero-order valence-electron chi connectivity index (χ0n) is 10.5. The summed E-state index contributed by atoms with van der Waals surface area (Å²) in [6.45, 7) is 1.18. The molecule has 0 aliphatic heterocycles. The molecule has 92 valence electrons. The summed E-state index contributed by atoms with van der Waals surface area (Å²) < 4.78 is 0.571. The molecule has 2 aliphatic carbocycles. The highest BCUT2D eigenvalue weighted by molar-refractivity contribution is 8.00. The molecule has 2 saturated carbocycles. The Morgan fingerprint density at radius 1 is 1.29 bits per heavy atom. The highest BCUT2D eigenvalue weighted by Gasteiger charge is 2.43. The van der Waals surface area contributed by atoms with Crippen molar-refractivity contribution in [2.75, 3.05) is 12.8 Å². The van der Waals surface area contributed by atoms with Crippen LogP contribution in [-0.2, 0) is 0 Å². The maximum absolute atomic E-state index is 3.83. The quantitative estimate of drug-likeness (QED) is 0.824. The Bertz CT molecular complexity index is 368. The fraction of sp³-hybridized carbons (Fsp3) is 0.600. The predicted molar refractivity (Wildman–Crippen MR) is 75.4 cm³/mol. The number of rotatable bonds is 6. The van der Waals surface area contributed by atoms with Gasteiger partial charge in [0.15, 0.2) is 0 Å². The highest BCUT2D eigenvalue weighted by atomic mass is 32.2. The summed E-state index contributed by atoms with van der Waals surface area (Å²) in [5, 5.41) is 3.83. The first-order valence-electron chi connectivity index (χ1n) is 6.66. The molecule has 1 nitrogen and oxygen atoms in total. The predicted octanol–water partition coefficient (Wildman–Crippen LogP) is 3.62. The average Bonchev–Trinajstić information content (AvgIpc) is 3.26. The van der Waals surface area contributed by atoms with E-state index in [0.29, 0.717) is 10.8 Å². The van der Waals surface area contributed by atoms with E-state index in [2.05, 4.69) is 41.9 Å². The van der Waals surface area contributed by atoms with Crippen LogP contribution in [0.1, 0.15) is 37.3 Å². The lowest BCUT2D eigenvalue weighted by Gasteiger charge is -2.22. The van der Waals surface area contributed by atoms with Gasteiger partial charge in [0.05, 0.1) is 0 Å². The Balaban J connectivity index is 1.65. The fourth-order valence-corrected chi connectivity index (χ4v) is 3.27. The van der Waals surface area contributed by atoms with E-state index in [0.717, 1.165) is 5.92 Å². The average molecular weight is 247 g/mol. The molecule has 1 N–H and O–H groups in total. The first-order valence-corrected chi connectivity index (χ1v) is 7.89. The molecule has 1 aromatic carbocycles. The summed E-state index contributed by atoms with van der Waals surface area (Å²) in [6.07, 6.45) is 7.85. The molecule has 3 rings (SSSR count). The molecule has 0 radical (unpaired) electrons. The summed E-state index contributed by atoms with van der Waals surface area (Å²) in [5.74, 6) is 0.884. The standard InChI is InChI=1S/C15H21NS/c1-17-15(9-10-15)11-16-14(13-7-8-13)12-5-3-2-4-6-12/h2-6,13-14,16H,7-11H2,1H3. The van der Waals surface area contributed by atoms with Gasteiger partial charge in [-0.1, -0.05) is 30.3 Å². The van der Waals surface area contributed by atoms with E-state index in [1.807, 2.05) is 11.8 Å². The minimum absolute atomic E-state index is 0.571. The van der Waals surface area contributed by atoms with Crippen molar-refractivity contribution in [3.63, 3.8) is 0 Å². The first-order chi connectivity index (χ1) is 8.33. The van der Waals surface area contributed by atoms with Crippen LogP contribution in [0.3, 0.4) is 0 Å². The molecule has 0 spiro atoms. The first kappa shape index (κ1) is 11.6. The van der Waals surface area contributed by atoms with Gasteiger partial charge in [0.2, 0.25) is 0 Å².